The summed E-state index contributed by atoms with van der Waals surface area (Å²) in [6, 6.07) is 15.9. The molecule has 2 aromatic rings. The summed E-state index contributed by atoms with van der Waals surface area (Å²) in [6.07, 6.45) is 0. The molecule has 0 saturated carbocycles. The van der Waals surface area contributed by atoms with Gasteiger partial charge in [0.25, 0.3) is 0 Å². The van der Waals surface area contributed by atoms with Crippen LogP contribution in [-0.4, -0.2) is 49.6 Å². The van der Waals surface area contributed by atoms with E-state index in [9.17, 15) is 9.59 Å². The summed E-state index contributed by atoms with van der Waals surface area (Å²) in [5, 5.41) is 0. The number of esters is 1. The van der Waals surface area contributed by atoms with Crippen molar-refractivity contribution in [3.8, 4) is 0 Å². The number of ketones is 1. The van der Waals surface area contributed by atoms with Crippen LogP contribution in [0, 0.1) is 0 Å². The highest BCUT2D eigenvalue weighted by Gasteiger charge is 2.46. The summed E-state index contributed by atoms with van der Waals surface area (Å²) >= 11 is 0. The molecule has 1 saturated heterocycles. The molecular weight excluding hydrogens is 344 g/mol. The Labute approximate surface area is 158 Å². The third kappa shape index (κ3) is 3.78. The minimum absolute atomic E-state index is 0.182. The van der Waals surface area contributed by atoms with Gasteiger partial charge in [-0.3, -0.25) is 15.4 Å². The molecule has 1 heterocycles. The van der Waals surface area contributed by atoms with Gasteiger partial charge in [-0.05, 0) is 6.92 Å². The van der Waals surface area contributed by atoms with E-state index in [1.807, 2.05) is 11.0 Å². The molecule has 2 aromatic carbocycles. The van der Waals surface area contributed by atoms with Crippen molar-refractivity contribution in [2.45, 2.75) is 12.6 Å². The zero-order valence-electron chi connectivity index (χ0n) is 15.4. The molecule has 142 valence electrons. The average molecular weight is 368 g/mol. The van der Waals surface area contributed by atoms with E-state index in [0.29, 0.717) is 43.0 Å². The first-order valence-electron chi connectivity index (χ1n) is 9.07. The van der Waals surface area contributed by atoms with Crippen LogP contribution in [0.25, 0.3) is 0 Å². The average Bonchev–Trinajstić information content (AvgIpc) is 2.74. The van der Waals surface area contributed by atoms with Gasteiger partial charge in [0.1, 0.15) is 0 Å². The maximum atomic E-state index is 13.1. The largest absolute Gasteiger partial charge is 0.463 e. The Kier molecular flexibility index (Phi) is 6.01. The fourth-order valence-corrected chi connectivity index (χ4v) is 3.33. The molecule has 6 nitrogen and oxygen atoms in total. The molecule has 0 aliphatic carbocycles. The molecule has 0 radical (unpaired) electrons. The zero-order valence-corrected chi connectivity index (χ0v) is 15.4. The lowest BCUT2D eigenvalue weighted by molar-refractivity contribution is -0.162. The molecule has 0 aromatic heterocycles. The minimum Gasteiger partial charge on any atom is -0.463 e. The van der Waals surface area contributed by atoms with Crippen LogP contribution in [0.3, 0.4) is 0 Å². The predicted octanol–water partition coefficient (Wildman–Crippen LogP) is 1.92. The lowest BCUT2D eigenvalue weighted by Crippen LogP contribution is -2.62. The summed E-state index contributed by atoms with van der Waals surface area (Å²) in [5.41, 5.74) is 6.51. The predicted molar refractivity (Wildman–Crippen MR) is 101 cm³/mol. The molecule has 3 rings (SSSR count). The molecule has 0 bridgehead atoms. The van der Waals surface area contributed by atoms with Gasteiger partial charge in [-0.15, -0.1) is 0 Å². The number of carbonyl (C=O) groups excluding carboxylic acids is 2. The van der Waals surface area contributed by atoms with Crippen LogP contribution in [0.15, 0.2) is 54.6 Å². The van der Waals surface area contributed by atoms with Crippen LogP contribution < -0.4 is 5.73 Å². The Morgan fingerprint density at radius 2 is 1.70 bits per heavy atom. The Bertz CT molecular complexity index is 803. The third-order valence-electron chi connectivity index (χ3n) is 4.71. The fourth-order valence-electron chi connectivity index (χ4n) is 3.33. The highest BCUT2D eigenvalue weighted by Crippen LogP contribution is 2.30. The van der Waals surface area contributed by atoms with Crippen molar-refractivity contribution in [1.29, 1.82) is 0 Å². The number of rotatable bonds is 6. The van der Waals surface area contributed by atoms with Gasteiger partial charge in [0.15, 0.2) is 11.4 Å². The van der Waals surface area contributed by atoms with E-state index in [2.05, 4.69) is 0 Å². The highest BCUT2D eigenvalue weighted by molar-refractivity contribution is 6.10. The first-order valence-corrected chi connectivity index (χ1v) is 9.07. The SMILES string of the molecule is CCOC(=O)C(N)(c1ccccc1C(=O)c1ccccc1)N1CCOCC1. The van der Waals surface area contributed by atoms with E-state index in [4.69, 9.17) is 15.2 Å². The molecule has 1 unspecified atom stereocenters. The van der Waals surface area contributed by atoms with Crippen molar-refractivity contribution in [3.05, 3.63) is 71.3 Å². The summed E-state index contributed by atoms with van der Waals surface area (Å²) < 4.78 is 10.7. The van der Waals surface area contributed by atoms with Crippen molar-refractivity contribution in [2.75, 3.05) is 32.9 Å². The van der Waals surface area contributed by atoms with E-state index in [-0.39, 0.29) is 12.4 Å². The van der Waals surface area contributed by atoms with Crippen molar-refractivity contribution < 1.29 is 19.1 Å². The quantitative estimate of drug-likeness (QED) is 0.620. The molecule has 0 amide bonds. The van der Waals surface area contributed by atoms with Gasteiger partial charge in [-0.1, -0.05) is 54.6 Å². The smallest absolute Gasteiger partial charge is 0.346 e. The highest BCUT2D eigenvalue weighted by atomic mass is 16.5. The lowest BCUT2D eigenvalue weighted by Gasteiger charge is -2.41. The molecule has 0 spiro atoms. The van der Waals surface area contributed by atoms with Crippen molar-refractivity contribution in [1.82, 2.24) is 4.90 Å². The molecule has 1 aliphatic heterocycles. The second kappa shape index (κ2) is 8.43. The first-order chi connectivity index (χ1) is 13.1. The van der Waals surface area contributed by atoms with E-state index in [1.54, 1.807) is 55.5 Å². The second-order valence-electron chi connectivity index (χ2n) is 6.33. The van der Waals surface area contributed by atoms with Crippen LogP contribution in [0.4, 0.5) is 0 Å². The normalized spacial score (nSPS) is 17.1. The van der Waals surface area contributed by atoms with E-state index in [0.717, 1.165) is 0 Å². The van der Waals surface area contributed by atoms with E-state index < -0.39 is 11.6 Å². The van der Waals surface area contributed by atoms with Crippen molar-refractivity contribution >= 4 is 11.8 Å². The number of ether oxygens (including phenoxy) is 2. The molecule has 6 heteroatoms. The van der Waals surface area contributed by atoms with Crippen LogP contribution in [-0.2, 0) is 19.9 Å². The number of nitrogens with two attached hydrogens (primary N) is 1. The van der Waals surface area contributed by atoms with Gasteiger partial charge >= 0.3 is 5.97 Å². The topological polar surface area (TPSA) is 81.9 Å². The third-order valence-corrected chi connectivity index (χ3v) is 4.71. The fraction of sp³-hybridized carbons (Fsp3) is 0.333. The van der Waals surface area contributed by atoms with Gasteiger partial charge < -0.3 is 9.47 Å². The Hall–Kier alpha value is -2.54. The standard InChI is InChI=1S/C21H24N2O4/c1-2-27-20(25)21(22,23-12-14-26-15-13-23)18-11-7-6-10-17(18)19(24)16-8-4-3-5-9-16/h3-11H,2,12-15,22H2,1H3. The van der Waals surface area contributed by atoms with Crippen LogP contribution in [0.2, 0.25) is 0 Å². The maximum Gasteiger partial charge on any atom is 0.346 e. The van der Waals surface area contributed by atoms with E-state index in [1.165, 1.54) is 0 Å². The number of hydrogen-bond donors (Lipinski definition) is 1. The van der Waals surface area contributed by atoms with Gasteiger partial charge in [-0.25, -0.2) is 4.79 Å². The monoisotopic (exact) mass is 368 g/mol. The van der Waals surface area contributed by atoms with Crippen molar-refractivity contribution in [2.24, 2.45) is 5.73 Å². The molecular formula is C21H24N2O4. The number of nitrogens with zero attached hydrogens (tertiary/aromatic N) is 1. The summed E-state index contributed by atoms with van der Waals surface area (Å²) in [5.74, 6) is -0.751. The lowest BCUT2D eigenvalue weighted by atomic mass is 9.89. The van der Waals surface area contributed by atoms with Gasteiger partial charge in [-0.2, -0.15) is 0 Å². The Morgan fingerprint density at radius 3 is 2.37 bits per heavy atom. The van der Waals surface area contributed by atoms with Crippen LogP contribution in [0.1, 0.15) is 28.4 Å². The summed E-state index contributed by atoms with van der Waals surface area (Å²) in [6.45, 7) is 3.82. The Morgan fingerprint density at radius 1 is 1.07 bits per heavy atom. The van der Waals surface area contributed by atoms with Gasteiger partial charge in [0.2, 0.25) is 0 Å². The Balaban J connectivity index is 2.10. The maximum absolute atomic E-state index is 13.1. The second-order valence-corrected chi connectivity index (χ2v) is 6.33. The number of hydrogen-bond acceptors (Lipinski definition) is 6. The molecule has 27 heavy (non-hydrogen) atoms. The van der Waals surface area contributed by atoms with Gasteiger partial charge in [0.05, 0.1) is 19.8 Å². The number of carbonyl (C=O) groups is 2. The summed E-state index contributed by atoms with van der Waals surface area (Å²) in [7, 11) is 0. The first kappa shape index (κ1) is 19.2. The number of morpholine rings is 1. The van der Waals surface area contributed by atoms with Gasteiger partial charge in [0, 0.05) is 29.8 Å². The molecule has 2 N–H and O–H groups in total. The molecule has 1 fully saturated rings. The minimum atomic E-state index is -1.55. The summed E-state index contributed by atoms with van der Waals surface area (Å²) in [4.78, 5) is 27.9. The number of benzene rings is 2. The van der Waals surface area contributed by atoms with Crippen molar-refractivity contribution in [3.63, 3.8) is 0 Å². The molecule has 1 atom stereocenters. The van der Waals surface area contributed by atoms with Crippen LogP contribution in [0.5, 0.6) is 0 Å². The van der Waals surface area contributed by atoms with E-state index >= 15 is 0 Å². The zero-order chi connectivity index (χ0) is 19.3. The van der Waals surface area contributed by atoms with Crippen LogP contribution >= 0.6 is 0 Å². The molecule has 1 aliphatic rings.